The predicted molar refractivity (Wildman–Crippen MR) is 83.3 cm³/mol. The van der Waals surface area contributed by atoms with Crippen LogP contribution in [0.4, 0.5) is 5.82 Å². The summed E-state index contributed by atoms with van der Waals surface area (Å²) in [7, 11) is 0. The summed E-state index contributed by atoms with van der Waals surface area (Å²) in [6.07, 6.45) is 2.56. The molecule has 0 fully saturated rings. The molecule has 1 aromatic carbocycles. The van der Waals surface area contributed by atoms with E-state index in [1.165, 1.54) is 5.56 Å². The lowest BCUT2D eigenvalue weighted by atomic mass is 9.96. The van der Waals surface area contributed by atoms with Crippen molar-refractivity contribution >= 4 is 5.82 Å². The Morgan fingerprint density at radius 3 is 2.90 bits per heavy atom. The van der Waals surface area contributed by atoms with Crippen molar-refractivity contribution in [2.75, 3.05) is 11.9 Å². The summed E-state index contributed by atoms with van der Waals surface area (Å²) in [4.78, 5) is 8.77. The highest BCUT2D eigenvalue weighted by Gasteiger charge is 2.36. The van der Waals surface area contributed by atoms with Crippen LogP contribution in [0, 0.1) is 6.92 Å². The summed E-state index contributed by atoms with van der Waals surface area (Å²) in [6.45, 7) is 4.44. The van der Waals surface area contributed by atoms with Gasteiger partial charge in [0.25, 0.3) is 0 Å². The van der Waals surface area contributed by atoms with Gasteiger partial charge in [-0.3, -0.25) is 0 Å². The maximum atomic E-state index is 10.9. The first kappa shape index (κ1) is 14.0. The second kappa shape index (κ2) is 5.45. The Morgan fingerprint density at radius 1 is 1.29 bits per heavy atom. The maximum Gasteiger partial charge on any atom is 0.130 e. The molecule has 4 heteroatoms. The van der Waals surface area contributed by atoms with E-state index in [0.717, 1.165) is 42.2 Å². The van der Waals surface area contributed by atoms with Crippen molar-refractivity contribution in [1.29, 1.82) is 0 Å². The van der Waals surface area contributed by atoms with Gasteiger partial charge in [0, 0.05) is 18.3 Å². The van der Waals surface area contributed by atoms with Crippen LogP contribution in [0.25, 0.3) is 0 Å². The smallest absolute Gasteiger partial charge is 0.130 e. The van der Waals surface area contributed by atoms with E-state index in [1.807, 2.05) is 31.2 Å². The summed E-state index contributed by atoms with van der Waals surface area (Å²) >= 11 is 0. The van der Waals surface area contributed by atoms with Crippen LogP contribution < -0.4 is 5.32 Å². The molecule has 4 nitrogen and oxygen atoms in total. The SMILES string of the molecule is CCc1cc(NCC2(O)CCc3ccccc32)nc(C)n1. The van der Waals surface area contributed by atoms with Crippen LogP contribution in [-0.4, -0.2) is 21.6 Å². The summed E-state index contributed by atoms with van der Waals surface area (Å²) in [5, 5.41) is 14.2. The van der Waals surface area contributed by atoms with Gasteiger partial charge in [0.2, 0.25) is 0 Å². The molecule has 3 rings (SSSR count). The molecular weight excluding hydrogens is 262 g/mol. The average Bonchev–Trinajstić information content (AvgIpc) is 2.83. The molecule has 0 bridgehead atoms. The highest BCUT2D eigenvalue weighted by molar-refractivity contribution is 5.41. The number of aliphatic hydroxyl groups is 1. The Kier molecular flexibility index (Phi) is 3.64. The van der Waals surface area contributed by atoms with Gasteiger partial charge in [0.1, 0.15) is 17.2 Å². The number of hydrogen-bond donors (Lipinski definition) is 2. The van der Waals surface area contributed by atoms with Gasteiger partial charge in [-0.1, -0.05) is 31.2 Å². The number of hydrogen-bond acceptors (Lipinski definition) is 4. The third-order valence-corrected chi connectivity index (χ3v) is 4.14. The molecule has 1 heterocycles. The molecule has 1 aliphatic rings. The molecule has 0 saturated carbocycles. The summed E-state index contributed by atoms with van der Waals surface area (Å²) in [5.41, 5.74) is 2.50. The third-order valence-electron chi connectivity index (χ3n) is 4.14. The second-order valence-electron chi connectivity index (χ2n) is 5.69. The zero-order chi connectivity index (χ0) is 14.9. The lowest BCUT2D eigenvalue weighted by Gasteiger charge is -2.24. The van der Waals surface area contributed by atoms with Crippen molar-refractivity contribution in [3.8, 4) is 0 Å². The van der Waals surface area contributed by atoms with Crippen molar-refractivity contribution in [2.24, 2.45) is 0 Å². The molecule has 0 aliphatic heterocycles. The first-order valence-corrected chi connectivity index (χ1v) is 7.50. The van der Waals surface area contributed by atoms with Crippen molar-refractivity contribution in [1.82, 2.24) is 9.97 Å². The van der Waals surface area contributed by atoms with Crippen molar-refractivity contribution in [3.63, 3.8) is 0 Å². The van der Waals surface area contributed by atoms with Crippen LogP contribution in [0.2, 0.25) is 0 Å². The standard InChI is InChI=1S/C17H21N3O/c1-3-14-10-16(20-12(2)19-14)18-11-17(21)9-8-13-6-4-5-7-15(13)17/h4-7,10,21H,3,8-9,11H2,1-2H3,(H,18,19,20). The van der Waals surface area contributed by atoms with Crippen LogP contribution in [0.15, 0.2) is 30.3 Å². The van der Waals surface area contributed by atoms with Gasteiger partial charge in [-0.05, 0) is 37.3 Å². The molecule has 1 aromatic heterocycles. The first-order chi connectivity index (χ1) is 10.1. The van der Waals surface area contributed by atoms with Gasteiger partial charge in [-0.25, -0.2) is 9.97 Å². The average molecular weight is 283 g/mol. The molecule has 2 aromatic rings. The van der Waals surface area contributed by atoms with E-state index in [2.05, 4.69) is 28.3 Å². The second-order valence-corrected chi connectivity index (χ2v) is 5.69. The summed E-state index contributed by atoms with van der Waals surface area (Å²) in [5.74, 6) is 1.55. The summed E-state index contributed by atoms with van der Waals surface area (Å²) < 4.78 is 0. The van der Waals surface area contributed by atoms with Gasteiger partial charge in [-0.2, -0.15) is 0 Å². The monoisotopic (exact) mass is 283 g/mol. The number of nitrogens with zero attached hydrogens (tertiary/aromatic N) is 2. The van der Waals surface area contributed by atoms with Crippen molar-refractivity contribution in [3.05, 3.63) is 53.0 Å². The molecule has 1 aliphatic carbocycles. The fourth-order valence-electron chi connectivity index (χ4n) is 2.99. The number of nitrogens with one attached hydrogen (secondary N) is 1. The number of benzene rings is 1. The van der Waals surface area contributed by atoms with E-state index in [4.69, 9.17) is 0 Å². The van der Waals surface area contributed by atoms with Gasteiger partial charge >= 0.3 is 0 Å². The number of aryl methyl sites for hydroxylation is 3. The molecule has 0 radical (unpaired) electrons. The molecule has 0 spiro atoms. The van der Waals surface area contributed by atoms with E-state index in [1.54, 1.807) is 0 Å². The molecule has 2 N–H and O–H groups in total. The minimum Gasteiger partial charge on any atom is -0.383 e. The Bertz CT molecular complexity index is 656. The van der Waals surface area contributed by atoms with Crippen LogP contribution in [0.1, 0.15) is 36.0 Å². The van der Waals surface area contributed by atoms with Crippen LogP contribution >= 0.6 is 0 Å². The van der Waals surface area contributed by atoms with Crippen LogP contribution in [0.3, 0.4) is 0 Å². The van der Waals surface area contributed by atoms with Crippen molar-refractivity contribution < 1.29 is 5.11 Å². The molecule has 110 valence electrons. The molecular formula is C17H21N3O. The quantitative estimate of drug-likeness (QED) is 0.905. The topological polar surface area (TPSA) is 58.0 Å². The maximum absolute atomic E-state index is 10.9. The fourth-order valence-corrected chi connectivity index (χ4v) is 2.99. The lowest BCUT2D eigenvalue weighted by molar-refractivity contribution is 0.0526. The lowest BCUT2D eigenvalue weighted by Crippen LogP contribution is -2.32. The predicted octanol–water partition coefficient (Wildman–Crippen LogP) is 2.59. The van der Waals surface area contributed by atoms with E-state index in [-0.39, 0.29) is 0 Å². The Labute approximate surface area is 125 Å². The highest BCUT2D eigenvalue weighted by atomic mass is 16.3. The minimum absolute atomic E-state index is 0.476. The van der Waals surface area contributed by atoms with Gasteiger partial charge < -0.3 is 10.4 Å². The molecule has 21 heavy (non-hydrogen) atoms. The third kappa shape index (κ3) is 2.76. The molecule has 1 atom stereocenters. The number of anilines is 1. The van der Waals surface area contributed by atoms with Gasteiger partial charge in [-0.15, -0.1) is 0 Å². The normalized spacial score (nSPS) is 20.3. The fraction of sp³-hybridized carbons (Fsp3) is 0.412. The number of fused-ring (bicyclic) bond motifs is 1. The van der Waals surface area contributed by atoms with Gasteiger partial charge in [0.15, 0.2) is 0 Å². The number of aromatic nitrogens is 2. The first-order valence-electron chi connectivity index (χ1n) is 7.50. The number of rotatable bonds is 4. The van der Waals surface area contributed by atoms with Crippen LogP contribution in [-0.2, 0) is 18.4 Å². The van der Waals surface area contributed by atoms with E-state index in [9.17, 15) is 5.11 Å². The molecule has 1 unspecified atom stereocenters. The Balaban J connectivity index is 1.78. The minimum atomic E-state index is -0.804. The molecule has 0 saturated heterocycles. The van der Waals surface area contributed by atoms with E-state index in [0.29, 0.717) is 6.54 Å². The van der Waals surface area contributed by atoms with E-state index < -0.39 is 5.60 Å². The zero-order valence-electron chi connectivity index (χ0n) is 12.6. The largest absolute Gasteiger partial charge is 0.383 e. The Morgan fingerprint density at radius 2 is 2.10 bits per heavy atom. The molecule has 0 amide bonds. The van der Waals surface area contributed by atoms with Gasteiger partial charge in [0.05, 0.1) is 0 Å². The zero-order valence-corrected chi connectivity index (χ0v) is 12.6. The highest BCUT2D eigenvalue weighted by Crippen LogP contribution is 2.36. The van der Waals surface area contributed by atoms with Crippen LogP contribution in [0.5, 0.6) is 0 Å². The summed E-state index contributed by atoms with van der Waals surface area (Å²) in [6, 6.07) is 10.1. The van der Waals surface area contributed by atoms with Crippen molar-refractivity contribution in [2.45, 2.75) is 38.7 Å². The Hall–Kier alpha value is -1.94. The van der Waals surface area contributed by atoms with E-state index >= 15 is 0 Å².